The van der Waals surface area contributed by atoms with E-state index in [0.29, 0.717) is 0 Å². The summed E-state index contributed by atoms with van der Waals surface area (Å²) in [5.41, 5.74) is 0. The van der Waals surface area contributed by atoms with E-state index < -0.39 is 0 Å². The summed E-state index contributed by atoms with van der Waals surface area (Å²) in [6.07, 6.45) is 29.6. The van der Waals surface area contributed by atoms with Crippen LogP contribution in [0, 0.1) is 5.92 Å². The minimum atomic E-state index is 0.916. The van der Waals surface area contributed by atoms with Crippen LogP contribution in [0.1, 0.15) is 129 Å². The molecular weight excluding hydrogens is 378 g/mol. The van der Waals surface area contributed by atoms with Crippen LogP contribution in [-0.4, -0.2) is 34.1 Å². The number of hydrogen-bond donors (Lipinski definition) is 0. The number of nitrogens with zero attached hydrogens (tertiary/aromatic N) is 3. The zero-order valence-electron chi connectivity index (χ0n) is 21.1. The molecule has 1 saturated heterocycles. The first-order valence-corrected chi connectivity index (χ1v) is 14.1. The Labute approximate surface area is 194 Å². The molecule has 0 amide bonds. The molecule has 2 heterocycles. The van der Waals surface area contributed by atoms with Gasteiger partial charge in [0.15, 0.2) is 0 Å². The van der Waals surface area contributed by atoms with Crippen molar-refractivity contribution in [2.75, 3.05) is 19.6 Å². The van der Waals surface area contributed by atoms with Gasteiger partial charge in [0.2, 0.25) is 0 Å². The van der Waals surface area contributed by atoms with Crippen molar-refractivity contribution in [3.8, 4) is 0 Å². The number of unbranched alkanes of at least 4 members (excludes halogenated alkanes) is 13. The van der Waals surface area contributed by atoms with Gasteiger partial charge in [-0.05, 0) is 51.2 Å². The van der Waals surface area contributed by atoms with Crippen molar-refractivity contribution in [1.29, 1.82) is 0 Å². The molecule has 0 radical (unpaired) electrons. The summed E-state index contributed by atoms with van der Waals surface area (Å²) in [6.45, 7) is 9.66. The van der Waals surface area contributed by atoms with Crippen LogP contribution in [0.4, 0.5) is 0 Å². The third-order valence-electron chi connectivity index (χ3n) is 7.43. The van der Waals surface area contributed by atoms with Gasteiger partial charge in [-0.25, -0.2) is 4.98 Å². The van der Waals surface area contributed by atoms with Crippen LogP contribution < -0.4 is 0 Å². The lowest BCUT2D eigenvalue weighted by molar-refractivity contribution is 0.173. The Bertz CT molecular complexity index is 516. The summed E-state index contributed by atoms with van der Waals surface area (Å²) in [5.74, 6) is 2.16. The highest BCUT2D eigenvalue weighted by Crippen LogP contribution is 2.22. The van der Waals surface area contributed by atoms with Gasteiger partial charge in [0, 0.05) is 25.4 Å². The molecule has 31 heavy (non-hydrogen) atoms. The van der Waals surface area contributed by atoms with Gasteiger partial charge < -0.3 is 9.47 Å². The van der Waals surface area contributed by atoms with Gasteiger partial charge >= 0.3 is 0 Å². The lowest BCUT2D eigenvalue weighted by Crippen LogP contribution is -2.34. The van der Waals surface area contributed by atoms with Crippen LogP contribution in [0.5, 0.6) is 0 Å². The van der Waals surface area contributed by atoms with Crippen molar-refractivity contribution in [3.05, 3.63) is 18.2 Å². The molecule has 180 valence electrons. The van der Waals surface area contributed by atoms with Gasteiger partial charge in [0.1, 0.15) is 5.82 Å². The monoisotopic (exact) mass is 431 g/mol. The maximum atomic E-state index is 4.45. The first-order valence-electron chi connectivity index (χ1n) is 14.1. The fourth-order valence-electron chi connectivity index (χ4n) is 5.21. The highest BCUT2D eigenvalue weighted by Gasteiger charge is 2.18. The van der Waals surface area contributed by atoms with Crippen molar-refractivity contribution < 1.29 is 0 Å². The minimum Gasteiger partial charge on any atom is -0.335 e. The topological polar surface area (TPSA) is 21.1 Å². The van der Waals surface area contributed by atoms with Crippen LogP contribution >= 0.6 is 0 Å². The minimum absolute atomic E-state index is 0.916. The largest absolute Gasteiger partial charge is 0.335 e. The predicted octanol–water partition coefficient (Wildman–Crippen LogP) is 8.03. The second-order valence-corrected chi connectivity index (χ2v) is 10.1. The molecule has 0 N–H and O–H groups in total. The summed E-state index contributed by atoms with van der Waals surface area (Å²) in [7, 11) is 0. The molecule has 2 rings (SSSR count). The van der Waals surface area contributed by atoms with E-state index >= 15 is 0 Å². The van der Waals surface area contributed by atoms with Crippen molar-refractivity contribution in [3.63, 3.8) is 0 Å². The van der Waals surface area contributed by atoms with Crippen molar-refractivity contribution in [1.82, 2.24) is 14.5 Å². The maximum Gasteiger partial charge on any atom is 0.108 e. The van der Waals surface area contributed by atoms with Crippen molar-refractivity contribution in [2.45, 2.75) is 136 Å². The lowest BCUT2D eigenvalue weighted by atomic mass is 9.93. The van der Waals surface area contributed by atoms with Crippen LogP contribution in [0.2, 0.25) is 0 Å². The maximum absolute atomic E-state index is 4.45. The molecule has 0 saturated carbocycles. The number of piperidine rings is 1. The van der Waals surface area contributed by atoms with Crippen LogP contribution in [0.3, 0.4) is 0 Å². The summed E-state index contributed by atoms with van der Waals surface area (Å²) in [5, 5.41) is 0. The summed E-state index contributed by atoms with van der Waals surface area (Å²) >= 11 is 0. The van der Waals surface area contributed by atoms with E-state index in [2.05, 4.69) is 34.5 Å². The second-order valence-electron chi connectivity index (χ2n) is 10.1. The van der Waals surface area contributed by atoms with Gasteiger partial charge in [0.25, 0.3) is 0 Å². The van der Waals surface area contributed by atoms with Gasteiger partial charge in [-0.1, -0.05) is 97.3 Å². The van der Waals surface area contributed by atoms with Crippen LogP contribution in [0.15, 0.2) is 12.4 Å². The van der Waals surface area contributed by atoms with Crippen LogP contribution in [0.25, 0.3) is 0 Å². The smallest absolute Gasteiger partial charge is 0.108 e. The molecular formula is C28H53N3. The Morgan fingerprint density at radius 1 is 0.742 bits per heavy atom. The zero-order chi connectivity index (χ0) is 22.0. The highest BCUT2D eigenvalue weighted by atomic mass is 15.1. The van der Waals surface area contributed by atoms with E-state index in [-0.39, 0.29) is 0 Å². The van der Waals surface area contributed by atoms with E-state index in [4.69, 9.17) is 0 Å². The molecule has 3 heteroatoms. The molecule has 1 aromatic heterocycles. The zero-order valence-corrected chi connectivity index (χ0v) is 21.1. The van der Waals surface area contributed by atoms with Crippen molar-refractivity contribution in [2.24, 2.45) is 5.92 Å². The van der Waals surface area contributed by atoms with E-state index in [1.807, 2.05) is 6.20 Å². The molecule has 0 spiro atoms. The lowest BCUT2D eigenvalue weighted by Gasteiger charge is -2.32. The number of imidazole rings is 1. The van der Waals surface area contributed by atoms with Crippen molar-refractivity contribution >= 4 is 0 Å². The molecule has 3 nitrogen and oxygen atoms in total. The Morgan fingerprint density at radius 2 is 1.29 bits per heavy atom. The average molecular weight is 432 g/mol. The first kappa shape index (κ1) is 26.4. The number of hydrogen-bond acceptors (Lipinski definition) is 2. The predicted molar refractivity (Wildman–Crippen MR) is 136 cm³/mol. The van der Waals surface area contributed by atoms with E-state index in [0.717, 1.165) is 18.9 Å². The normalized spacial score (nSPS) is 15.7. The number of aromatic nitrogens is 2. The second kappa shape index (κ2) is 17.7. The Balaban J connectivity index is 1.34. The summed E-state index contributed by atoms with van der Waals surface area (Å²) in [6, 6.07) is 0. The summed E-state index contributed by atoms with van der Waals surface area (Å²) in [4.78, 5) is 7.18. The van der Waals surface area contributed by atoms with Gasteiger partial charge in [-0.2, -0.15) is 0 Å². The first-order chi connectivity index (χ1) is 15.3. The standard InChI is InChI=1S/C28H53N3/c1-3-5-6-7-8-9-10-11-12-13-14-15-16-17-22-30-23-18-27(19-24-30)20-25-31-26-21-29-28(31)4-2/h21,26-27H,3-20,22-25H2,1-2H3. The molecule has 1 aliphatic rings. The summed E-state index contributed by atoms with van der Waals surface area (Å²) < 4.78 is 2.36. The van der Waals surface area contributed by atoms with Gasteiger partial charge in [0.05, 0.1) is 0 Å². The van der Waals surface area contributed by atoms with E-state index in [1.165, 1.54) is 135 Å². The number of rotatable bonds is 19. The fourth-order valence-corrected chi connectivity index (χ4v) is 5.21. The third-order valence-corrected chi connectivity index (χ3v) is 7.43. The van der Waals surface area contributed by atoms with Gasteiger partial charge in [-0.3, -0.25) is 0 Å². The molecule has 0 aromatic carbocycles. The SMILES string of the molecule is CCCCCCCCCCCCCCCCN1CCC(CCn2ccnc2CC)CC1. The molecule has 1 aliphatic heterocycles. The number of aryl methyl sites for hydroxylation is 2. The fraction of sp³-hybridized carbons (Fsp3) is 0.893. The molecule has 0 unspecified atom stereocenters. The van der Waals surface area contributed by atoms with E-state index in [9.17, 15) is 0 Å². The Kier molecular flexibility index (Phi) is 15.1. The molecule has 0 bridgehead atoms. The third kappa shape index (κ3) is 12.1. The Hall–Kier alpha value is -0.830. The average Bonchev–Trinajstić information content (AvgIpc) is 3.26. The van der Waals surface area contributed by atoms with Crippen LogP contribution in [-0.2, 0) is 13.0 Å². The van der Waals surface area contributed by atoms with E-state index in [1.54, 1.807) is 0 Å². The van der Waals surface area contributed by atoms with Gasteiger partial charge in [-0.15, -0.1) is 0 Å². The highest BCUT2D eigenvalue weighted by molar-refractivity contribution is 4.91. The molecule has 0 atom stereocenters. The quantitative estimate of drug-likeness (QED) is 0.207. The molecule has 1 aromatic rings. The Morgan fingerprint density at radius 3 is 1.84 bits per heavy atom. The number of likely N-dealkylation sites (tertiary alicyclic amines) is 1. The molecule has 1 fully saturated rings. The molecule has 0 aliphatic carbocycles.